The molecule has 4 nitrogen and oxygen atoms in total. The molecule has 0 aliphatic heterocycles. The van der Waals surface area contributed by atoms with Crippen molar-refractivity contribution >= 4 is 21.8 Å². The molecular formula is C13H18BrNO3. The number of ether oxygens (including phenoxy) is 1. The van der Waals surface area contributed by atoms with Crippen molar-refractivity contribution in [3.63, 3.8) is 0 Å². The Balaban J connectivity index is 2.71. The second kappa shape index (κ2) is 7.38. The number of halogens is 1. The van der Waals surface area contributed by atoms with Crippen LogP contribution in [0.3, 0.4) is 0 Å². The Kier molecular flexibility index (Phi) is 6.15. The van der Waals surface area contributed by atoms with Crippen molar-refractivity contribution in [3.05, 3.63) is 28.2 Å². The van der Waals surface area contributed by atoms with E-state index in [0.717, 1.165) is 10.0 Å². The van der Waals surface area contributed by atoms with E-state index < -0.39 is 0 Å². The number of nitrogens with one attached hydrogen (secondary N) is 1. The molecule has 0 aliphatic carbocycles. The fraction of sp³-hybridized carbons (Fsp3) is 0.462. The lowest BCUT2D eigenvalue weighted by Crippen LogP contribution is -2.37. The summed E-state index contributed by atoms with van der Waals surface area (Å²) in [6.45, 7) is 1.87. The molecule has 0 saturated carbocycles. The van der Waals surface area contributed by atoms with Crippen LogP contribution in [0.25, 0.3) is 0 Å². The zero-order valence-corrected chi connectivity index (χ0v) is 12.2. The van der Waals surface area contributed by atoms with Crippen molar-refractivity contribution in [2.75, 3.05) is 13.7 Å². The molecule has 5 heteroatoms. The van der Waals surface area contributed by atoms with Gasteiger partial charge in [0.1, 0.15) is 5.75 Å². The number of hydrogen-bond donors (Lipinski definition) is 2. The van der Waals surface area contributed by atoms with Gasteiger partial charge in [0, 0.05) is 10.0 Å². The molecular weight excluding hydrogens is 298 g/mol. The molecule has 1 aromatic carbocycles. The van der Waals surface area contributed by atoms with E-state index in [1.165, 1.54) is 0 Å². The van der Waals surface area contributed by atoms with Gasteiger partial charge in [-0.3, -0.25) is 4.79 Å². The number of carbonyl (C=O) groups is 1. The van der Waals surface area contributed by atoms with E-state index in [9.17, 15) is 4.79 Å². The second-order valence-corrected chi connectivity index (χ2v) is 4.90. The van der Waals surface area contributed by atoms with Crippen LogP contribution in [-0.4, -0.2) is 30.8 Å². The molecule has 0 bridgehead atoms. The van der Waals surface area contributed by atoms with Crippen molar-refractivity contribution < 1.29 is 14.6 Å². The first-order valence-corrected chi connectivity index (χ1v) is 6.62. The standard InChI is InChI=1S/C13H18BrNO3/c1-3-11(8-16)15-13(17)7-9-6-10(14)4-5-12(9)18-2/h4-6,11,16H,3,7-8H2,1-2H3,(H,15,17). The average Bonchev–Trinajstić information content (AvgIpc) is 2.36. The van der Waals surface area contributed by atoms with Crippen LogP contribution in [0.2, 0.25) is 0 Å². The Morgan fingerprint density at radius 1 is 1.56 bits per heavy atom. The molecule has 100 valence electrons. The Hall–Kier alpha value is -1.07. The van der Waals surface area contributed by atoms with Gasteiger partial charge in [0.15, 0.2) is 0 Å². The molecule has 1 rings (SSSR count). The van der Waals surface area contributed by atoms with E-state index in [2.05, 4.69) is 21.2 Å². The molecule has 1 unspecified atom stereocenters. The van der Waals surface area contributed by atoms with E-state index in [4.69, 9.17) is 9.84 Å². The predicted octanol–water partition coefficient (Wildman–Crippen LogP) is 1.89. The van der Waals surface area contributed by atoms with Crippen LogP contribution >= 0.6 is 15.9 Å². The summed E-state index contributed by atoms with van der Waals surface area (Å²) < 4.78 is 6.11. The van der Waals surface area contributed by atoms with Gasteiger partial charge in [0.05, 0.1) is 26.2 Å². The van der Waals surface area contributed by atoms with E-state index in [0.29, 0.717) is 12.2 Å². The lowest BCUT2D eigenvalue weighted by Gasteiger charge is -2.15. The lowest BCUT2D eigenvalue weighted by molar-refractivity contribution is -0.121. The fourth-order valence-corrected chi connectivity index (χ4v) is 2.02. The molecule has 0 aliphatic rings. The first kappa shape index (κ1) is 15.0. The van der Waals surface area contributed by atoms with Gasteiger partial charge in [-0.25, -0.2) is 0 Å². The predicted molar refractivity (Wildman–Crippen MR) is 73.7 cm³/mol. The zero-order chi connectivity index (χ0) is 13.5. The lowest BCUT2D eigenvalue weighted by atomic mass is 10.1. The van der Waals surface area contributed by atoms with Gasteiger partial charge in [0.2, 0.25) is 5.91 Å². The summed E-state index contributed by atoms with van der Waals surface area (Å²) in [7, 11) is 1.58. The first-order chi connectivity index (χ1) is 8.60. The maximum Gasteiger partial charge on any atom is 0.224 e. The van der Waals surface area contributed by atoms with E-state index in [1.807, 2.05) is 25.1 Å². The van der Waals surface area contributed by atoms with Crippen LogP contribution in [-0.2, 0) is 11.2 Å². The number of aliphatic hydroxyl groups is 1. The molecule has 0 radical (unpaired) electrons. The maximum atomic E-state index is 11.8. The summed E-state index contributed by atoms with van der Waals surface area (Å²) >= 11 is 3.37. The van der Waals surface area contributed by atoms with Crippen LogP contribution in [0.15, 0.2) is 22.7 Å². The minimum Gasteiger partial charge on any atom is -0.496 e. The van der Waals surface area contributed by atoms with Gasteiger partial charge in [-0.1, -0.05) is 22.9 Å². The molecule has 1 atom stereocenters. The number of aliphatic hydroxyl groups excluding tert-OH is 1. The summed E-state index contributed by atoms with van der Waals surface area (Å²) in [5.41, 5.74) is 0.817. The number of amides is 1. The highest BCUT2D eigenvalue weighted by atomic mass is 79.9. The van der Waals surface area contributed by atoms with Crippen molar-refractivity contribution in [2.45, 2.75) is 25.8 Å². The van der Waals surface area contributed by atoms with Crippen LogP contribution in [0.1, 0.15) is 18.9 Å². The summed E-state index contributed by atoms with van der Waals surface area (Å²) in [6.07, 6.45) is 0.941. The number of benzene rings is 1. The fourth-order valence-electron chi connectivity index (χ4n) is 1.61. The number of hydrogen-bond acceptors (Lipinski definition) is 3. The molecule has 0 heterocycles. The zero-order valence-electron chi connectivity index (χ0n) is 10.6. The van der Waals surface area contributed by atoms with Crippen LogP contribution in [0.5, 0.6) is 5.75 Å². The van der Waals surface area contributed by atoms with Crippen LogP contribution in [0.4, 0.5) is 0 Å². The average molecular weight is 316 g/mol. The van der Waals surface area contributed by atoms with E-state index in [-0.39, 0.29) is 25.0 Å². The van der Waals surface area contributed by atoms with Gasteiger partial charge >= 0.3 is 0 Å². The number of carbonyl (C=O) groups excluding carboxylic acids is 1. The third-order valence-electron chi connectivity index (χ3n) is 2.67. The Morgan fingerprint density at radius 2 is 2.28 bits per heavy atom. The minimum atomic E-state index is -0.185. The Labute approximate surface area is 115 Å². The van der Waals surface area contributed by atoms with Gasteiger partial charge in [-0.2, -0.15) is 0 Å². The van der Waals surface area contributed by atoms with Gasteiger partial charge < -0.3 is 15.2 Å². The van der Waals surface area contributed by atoms with E-state index >= 15 is 0 Å². The SMILES string of the molecule is CCC(CO)NC(=O)Cc1cc(Br)ccc1OC. The molecule has 1 amide bonds. The second-order valence-electron chi connectivity index (χ2n) is 3.99. The Bertz CT molecular complexity index is 405. The Morgan fingerprint density at radius 3 is 2.83 bits per heavy atom. The summed E-state index contributed by atoms with van der Waals surface area (Å²) in [4.78, 5) is 11.8. The van der Waals surface area contributed by atoms with E-state index in [1.54, 1.807) is 7.11 Å². The third-order valence-corrected chi connectivity index (χ3v) is 3.17. The normalized spacial score (nSPS) is 12.0. The molecule has 1 aromatic rings. The topological polar surface area (TPSA) is 58.6 Å². The molecule has 0 fully saturated rings. The molecule has 18 heavy (non-hydrogen) atoms. The van der Waals surface area contributed by atoms with Gasteiger partial charge in [-0.15, -0.1) is 0 Å². The maximum absolute atomic E-state index is 11.8. The van der Waals surface area contributed by atoms with Crippen LogP contribution < -0.4 is 10.1 Å². The summed E-state index contributed by atoms with van der Waals surface area (Å²) in [5.74, 6) is 0.567. The highest BCUT2D eigenvalue weighted by Crippen LogP contribution is 2.23. The molecule has 0 aromatic heterocycles. The van der Waals surface area contributed by atoms with Gasteiger partial charge in [0.25, 0.3) is 0 Å². The minimum absolute atomic E-state index is 0.0438. The monoisotopic (exact) mass is 315 g/mol. The largest absolute Gasteiger partial charge is 0.496 e. The quantitative estimate of drug-likeness (QED) is 0.842. The molecule has 0 spiro atoms. The van der Waals surface area contributed by atoms with Crippen molar-refractivity contribution in [1.82, 2.24) is 5.32 Å². The third kappa shape index (κ3) is 4.31. The highest BCUT2D eigenvalue weighted by Gasteiger charge is 2.12. The highest BCUT2D eigenvalue weighted by molar-refractivity contribution is 9.10. The molecule has 2 N–H and O–H groups in total. The summed E-state index contributed by atoms with van der Waals surface area (Å²) in [5, 5.41) is 11.8. The summed E-state index contributed by atoms with van der Waals surface area (Å²) in [6, 6.07) is 5.35. The smallest absolute Gasteiger partial charge is 0.224 e. The van der Waals surface area contributed by atoms with Crippen LogP contribution in [0, 0.1) is 0 Å². The van der Waals surface area contributed by atoms with Crippen molar-refractivity contribution in [1.29, 1.82) is 0 Å². The van der Waals surface area contributed by atoms with Crippen molar-refractivity contribution in [2.24, 2.45) is 0 Å². The molecule has 0 saturated heterocycles. The van der Waals surface area contributed by atoms with Crippen molar-refractivity contribution in [3.8, 4) is 5.75 Å². The first-order valence-electron chi connectivity index (χ1n) is 5.83. The number of rotatable bonds is 6. The van der Waals surface area contributed by atoms with Gasteiger partial charge in [-0.05, 0) is 24.6 Å². The number of methoxy groups -OCH3 is 1.